The maximum Gasteiger partial charge on any atom is 0.124 e. The summed E-state index contributed by atoms with van der Waals surface area (Å²) in [5.41, 5.74) is 3.34. The number of halogens is 2. The average Bonchev–Trinajstić information content (AvgIpc) is 2.81. The lowest BCUT2D eigenvalue weighted by Gasteiger charge is -2.01. The van der Waals surface area contributed by atoms with Crippen LogP contribution in [0.1, 0.15) is 4.88 Å². The Morgan fingerprint density at radius 1 is 1.00 bits per heavy atom. The number of hydrogen-bond donors (Lipinski definition) is 0. The maximum absolute atomic E-state index is 4.82. The van der Waals surface area contributed by atoms with Gasteiger partial charge in [-0.05, 0) is 25.1 Å². The number of rotatable bonds is 2. The van der Waals surface area contributed by atoms with Crippen LogP contribution in [0.4, 0.5) is 0 Å². The van der Waals surface area contributed by atoms with Gasteiger partial charge in [0, 0.05) is 24.9 Å². The van der Waals surface area contributed by atoms with E-state index in [0.29, 0.717) is 0 Å². The summed E-state index contributed by atoms with van der Waals surface area (Å²) < 4.78 is 2.15. The molecular formula is C16H11Br2NS. The van der Waals surface area contributed by atoms with E-state index in [1.165, 1.54) is 4.88 Å². The van der Waals surface area contributed by atoms with Crippen molar-refractivity contribution in [2.75, 3.05) is 0 Å². The van der Waals surface area contributed by atoms with Crippen molar-refractivity contribution in [1.82, 2.24) is 4.98 Å². The van der Waals surface area contributed by atoms with Gasteiger partial charge in [0.15, 0.2) is 0 Å². The van der Waals surface area contributed by atoms with E-state index in [0.717, 1.165) is 30.8 Å². The van der Waals surface area contributed by atoms with E-state index in [9.17, 15) is 0 Å². The Kier molecular flexibility index (Phi) is 4.06. The fourth-order valence-electron chi connectivity index (χ4n) is 2.04. The highest BCUT2D eigenvalue weighted by Crippen LogP contribution is 2.36. The fraction of sp³-hybridized carbons (Fsp3) is 0.0625. The number of thiazole rings is 1. The standard InChI is InChI=1S/C16H11Br2NS/c1-10-15(13-7-2-3-8-14(13)18)19-16(20-10)11-5-4-6-12(17)9-11/h2-9H,1H3. The normalized spacial score (nSPS) is 10.8. The molecular weight excluding hydrogens is 398 g/mol. The molecule has 0 N–H and O–H groups in total. The minimum atomic E-state index is 1.05. The van der Waals surface area contributed by atoms with Crippen molar-refractivity contribution in [3.63, 3.8) is 0 Å². The molecule has 0 atom stereocenters. The number of nitrogens with zero attached hydrogens (tertiary/aromatic N) is 1. The molecule has 0 aliphatic carbocycles. The molecule has 4 heteroatoms. The molecule has 100 valence electrons. The number of benzene rings is 2. The molecule has 1 nitrogen and oxygen atoms in total. The van der Waals surface area contributed by atoms with Gasteiger partial charge in [-0.1, -0.05) is 62.2 Å². The van der Waals surface area contributed by atoms with Crippen molar-refractivity contribution in [2.24, 2.45) is 0 Å². The van der Waals surface area contributed by atoms with Crippen LogP contribution in [0.15, 0.2) is 57.5 Å². The van der Waals surface area contributed by atoms with Crippen LogP contribution < -0.4 is 0 Å². The Balaban J connectivity index is 2.10. The zero-order valence-corrected chi connectivity index (χ0v) is 14.7. The molecule has 0 aliphatic heterocycles. The van der Waals surface area contributed by atoms with Gasteiger partial charge >= 0.3 is 0 Å². The third kappa shape index (κ3) is 2.73. The molecule has 0 saturated carbocycles. The van der Waals surface area contributed by atoms with Crippen LogP contribution in [0.5, 0.6) is 0 Å². The zero-order valence-electron chi connectivity index (χ0n) is 10.7. The summed E-state index contributed by atoms with van der Waals surface area (Å²) in [6.07, 6.45) is 0. The molecule has 3 aromatic rings. The van der Waals surface area contributed by atoms with Gasteiger partial charge in [0.25, 0.3) is 0 Å². The molecule has 0 aliphatic rings. The molecule has 0 saturated heterocycles. The molecule has 2 aromatic carbocycles. The third-order valence-electron chi connectivity index (χ3n) is 3.00. The molecule has 0 spiro atoms. The first kappa shape index (κ1) is 14.0. The van der Waals surface area contributed by atoms with Gasteiger partial charge in [0.1, 0.15) is 5.01 Å². The second kappa shape index (κ2) is 5.80. The monoisotopic (exact) mass is 407 g/mol. The van der Waals surface area contributed by atoms with Gasteiger partial charge in [-0.15, -0.1) is 11.3 Å². The van der Waals surface area contributed by atoms with Crippen LogP contribution in [0.3, 0.4) is 0 Å². The van der Waals surface area contributed by atoms with Gasteiger partial charge in [-0.2, -0.15) is 0 Å². The van der Waals surface area contributed by atoms with Crippen molar-refractivity contribution in [3.05, 3.63) is 62.4 Å². The van der Waals surface area contributed by atoms with E-state index in [1.807, 2.05) is 30.3 Å². The molecule has 1 heterocycles. The molecule has 0 fully saturated rings. The maximum atomic E-state index is 4.82. The molecule has 0 amide bonds. The molecule has 3 rings (SSSR count). The Bertz CT molecular complexity index is 765. The molecule has 1 aromatic heterocycles. The van der Waals surface area contributed by atoms with Crippen LogP contribution >= 0.6 is 43.2 Å². The molecule has 0 radical (unpaired) electrons. The van der Waals surface area contributed by atoms with Crippen LogP contribution in [0.2, 0.25) is 0 Å². The quantitative estimate of drug-likeness (QED) is 0.484. The smallest absolute Gasteiger partial charge is 0.124 e. The van der Waals surface area contributed by atoms with Crippen LogP contribution in [0, 0.1) is 6.92 Å². The molecule has 0 unspecified atom stereocenters. The van der Waals surface area contributed by atoms with Crippen molar-refractivity contribution >= 4 is 43.2 Å². The first-order valence-corrected chi connectivity index (χ1v) is 8.53. The third-order valence-corrected chi connectivity index (χ3v) is 5.20. The highest BCUT2D eigenvalue weighted by atomic mass is 79.9. The van der Waals surface area contributed by atoms with Crippen molar-refractivity contribution in [1.29, 1.82) is 0 Å². The number of aryl methyl sites for hydroxylation is 1. The molecule has 0 bridgehead atoms. The van der Waals surface area contributed by atoms with Crippen LogP contribution in [-0.4, -0.2) is 4.98 Å². The van der Waals surface area contributed by atoms with Gasteiger partial charge in [0.05, 0.1) is 5.69 Å². The van der Waals surface area contributed by atoms with E-state index < -0.39 is 0 Å². The van der Waals surface area contributed by atoms with E-state index in [-0.39, 0.29) is 0 Å². The van der Waals surface area contributed by atoms with Crippen molar-refractivity contribution in [2.45, 2.75) is 6.92 Å². The minimum Gasteiger partial charge on any atom is -0.236 e. The largest absolute Gasteiger partial charge is 0.236 e. The SMILES string of the molecule is Cc1sc(-c2cccc(Br)c2)nc1-c1ccccc1Br. The predicted octanol–water partition coefficient (Wildman–Crippen LogP) is 6.31. The topological polar surface area (TPSA) is 12.9 Å². The van der Waals surface area contributed by atoms with E-state index >= 15 is 0 Å². The Labute approximate surface area is 139 Å². The summed E-state index contributed by atoms with van der Waals surface area (Å²) in [5.74, 6) is 0. The van der Waals surface area contributed by atoms with Gasteiger partial charge in [-0.25, -0.2) is 4.98 Å². The summed E-state index contributed by atoms with van der Waals surface area (Å²) in [6, 6.07) is 16.5. The summed E-state index contributed by atoms with van der Waals surface area (Å²) in [7, 11) is 0. The van der Waals surface area contributed by atoms with E-state index in [1.54, 1.807) is 11.3 Å². The second-order valence-corrected chi connectivity index (χ2v) is 7.39. The highest BCUT2D eigenvalue weighted by molar-refractivity contribution is 9.10. The highest BCUT2D eigenvalue weighted by Gasteiger charge is 2.13. The fourth-order valence-corrected chi connectivity index (χ4v) is 3.84. The zero-order chi connectivity index (χ0) is 14.1. The Hall–Kier alpha value is -0.970. The lowest BCUT2D eigenvalue weighted by Crippen LogP contribution is -1.83. The first-order chi connectivity index (χ1) is 9.65. The van der Waals surface area contributed by atoms with Gasteiger partial charge < -0.3 is 0 Å². The first-order valence-electron chi connectivity index (χ1n) is 6.13. The number of aromatic nitrogens is 1. The summed E-state index contributed by atoms with van der Waals surface area (Å²) in [6.45, 7) is 2.12. The van der Waals surface area contributed by atoms with Gasteiger partial charge in [-0.3, -0.25) is 0 Å². The lowest BCUT2D eigenvalue weighted by molar-refractivity contribution is 1.36. The van der Waals surface area contributed by atoms with E-state index in [4.69, 9.17) is 4.98 Å². The Morgan fingerprint density at radius 3 is 2.55 bits per heavy atom. The van der Waals surface area contributed by atoms with Crippen LogP contribution in [0.25, 0.3) is 21.8 Å². The molecule has 20 heavy (non-hydrogen) atoms. The second-order valence-electron chi connectivity index (χ2n) is 4.41. The van der Waals surface area contributed by atoms with Crippen molar-refractivity contribution < 1.29 is 0 Å². The predicted molar refractivity (Wildman–Crippen MR) is 93.1 cm³/mol. The van der Waals surface area contributed by atoms with Crippen molar-refractivity contribution in [3.8, 4) is 21.8 Å². The minimum absolute atomic E-state index is 1.05. The summed E-state index contributed by atoms with van der Waals surface area (Å²) in [5, 5.41) is 1.05. The van der Waals surface area contributed by atoms with E-state index in [2.05, 4.69) is 57.0 Å². The average molecular weight is 409 g/mol. The Morgan fingerprint density at radius 2 is 1.80 bits per heavy atom. The summed E-state index contributed by atoms with van der Waals surface area (Å²) >= 11 is 8.84. The summed E-state index contributed by atoms with van der Waals surface area (Å²) in [4.78, 5) is 6.05. The van der Waals surface area contributed by atoms with Crippen LogP contribution in [-0.2, 0) is 0 Å². The number of hydrogen-bond acceptors (Lipinski definition) is 2. The van der Waals surface area contributed by atoms with Gasteiger partial charge in [0.2, 0.25) is 0 Å². The lowest BCUT2D eigenvalue weighted by atomic mass is 10.1.